The molecule has 0 unspecified atom stereocenters. The van der Waals surface area contributed by atoms with Crippen molar-refractivity contribution in [3.63, 3.8) is 0 Å². The van der Waals surface area contributed by atoms with E-state index < -0.39 is 0 Å². The number of aromatic nitrogens is 2. The van der Waals surface area contributed by atoms with Gasteiger partial charge in [0.15, 0.2) is 0 Å². The van der Waals surface area contributed by atoms with Crippen molar-refractivity contribution in [1.82, 2.24) is 9.66 Å². The second kappa shape index (κ2) is 6.18. The van der Waals surface area contributed by atoms with Crippen molar-refractivity contribution in [3.8, 4) is 0 Å². The molecule has 142 valence electrons. The van der Waals surface area contributed by atoms with Crippen molar-refractivity contribution >= 4 is 16.8 Å². The van der Waals surface area contributed by atoms with Crippen LogP contribution in [0.25, 0.3) is 10.9 Å². The average molecular weight is 365 g/mol. The van der Waals surface area contributed by atoms with Crippen molar-refractivity contribution < 1.29 is 4.79 Å². The van der Waals surface area contributed by atoms with E-state index >= 15 is 0 Å². The minimum atomic E-state index is -0.184. The van der Waals surface area contributed by atoms with Crippen LogP contribution in [0.3, 0.4) is 0 Å². The van der Waals surface area contributed by atoms with Gasteiger partial charge in [-0.2, -0.15) is 0 Å². The number of rotatable bonds is 4. The highest BCUT2D eigenvalue weighted by molar-refractivity contribution is 5.85. The van der Waals surface area contributed by atoms with Gasteiger partial charge in [0.1, 0.15) is 5.82 Å². The summed E-state index contributed by atoms with van der Waals surface area (Å²) in [7, 11) is 0. The second-order valence-corrected chi connectivity index (χ2v) is 9.17. The Morgan fingerprint density at radius 2 is 1.78 bits per heavy atom. The monoisotopic (exact) mass is 365 g/mol. The molecule has 27 heavy (non-hydrogen) atoms. The molecule has 4 aliphatic rings. The van der Waals surface area contributed by atoms with Crippen LogP contribution in [0.5, 0.6) is 0 Å². The van der Waals surface area contributed by atoms with E-state index in [1.807, 2.05) is 25.1 Å². The van der Waals surface area contributed by atoms with E-state index in [-0.39, 0.29) is 16.9 Å². The lowest BCUT2D eigenvalue weighted by molar-refractivity contribution is -0.125. The predicted octanol–water partition coefficient (Wildman–Crippen LogP) is 3.64. The summed E-state index contributed by atoms with van der Waals surface area (Å²) in [5.74, 6) is 3.03. The molecule has 1 amide bonds. The molecule has 5 heteroatoms. The Labute approximate surface area is 159 Å². The summed E-state index contributed by atoms with van der Waals surface area (Å²) in [5.41, 5.74) is 3.57. The lowest BCUT2D eigenvalue weighted by atomic mass is 9.49. The molecule has 4 fully saturated rings. The molecule has 2 aromatic rings. The third-order valence-corrected chi connectivity index (χ3v) is 7.10. The number of carbonyl (C=O) groups excluding carboxylic acids is 1. The summed E-state index contributed by atoms with van der Waals surface area (Å²) in [6.07, 6.45) is 8.82. The van der Waals surface area contributed by atoms with Crippen LogP contribution in [0, 0.1) is 23.2 Å². The fourth-order valence-electron chi connectivity index (χ4n) is 6.54. The molecule has 0 radical (unpaired) electrons. The molecule has 1 N–H and O–H groups in total. The molecule has 1 aromatic heterocycles. The Balaban J connectivity index is 1.41. The Bertz CT molecular complexity index is 926. The summed E-state index contributed by atoms with van der Waals surface area (Å²) in [6.45, 7) is 1.96. The molecule has 4 saturated carbocycles. The summed E-state index contributed by atoms with van der Waals surface area (Å²) < 4.78 is 1.38. The standard InChI is InChI=1S/C22H27N3O2/c1-2-19-23-18-6-4-3-5-17(18)21(27)25(19)24-20(26)13-22-10-14-7-15(11-22)9-16(8-14)12-22/h3-6,14-16H,2,7-13H2,1H3,(H,24,26). The quantitative estimate of drug-likeness (QED) is 0.900. The van der Waals surface area contributed by atoms with Gasteiger partial charge in [-0.25, -0.2) is 9.66 Å². The van der Waals surface area contributed by atoms with E-state index in [4.69, 9.17) is 0 Å². The number of fused-ring (bicyclic) bond motifs is 1. The third-order valence-electron chi connectivity index (χ3n) is 7.10. The number of aryl methyl sites for hydroxylation is 1. The zero-order valence-corrected chi connectivity index (χ0v) is 15.9. The van der Waals surface area contributed by atoms with Gasteiger partial charge in [0.2, 0.25) is 5.91 Å². The highest BCUT2D eigenvalue weighted by Gasteiger charge is 2.51. The summed E-state index contributed by atoms with van der Waals surface area (Å²) >= 11 is 0. The van der Waals surface area contributed by atoms with E-state index in [1.54, 1.807) is 6.07 Å². The van der Waals surface area contributed by atoms with Crippen LogP contribution in [0.2, 0.25) is 0 Å². The fourth-order valence-corrected chi connectivity index (χ4v) is 6.54. The average Bonchev–Trinajstić information content (AvgIpc) is 2.62. The van der Waals surface area contributed by atoms with Gasteiger partial charge in [-0.3, -0.25) is 15.0 Å². The highest BCUT2D eigenvalue weighted by Crippen LogP contribution is 2.61. The van der Waals surface area contributed by atoms with Gasteiger partial charge in [-0.1, -0.05) is 19.1 Å². The fraction of sp³-hybridized carbons (Fsp3) is 0.591. The maximum absolute atomic E-state index is 13.0. The predicted molar refractivity (Wildman–Crippen MR) is 105 cm³/mol. The van der Waals surface area contributed by atoms with E-state index in [2.05, 4.69) is 10.4 Å². The van der Waals surface area contributed by atoms with Gasteiger partial charge in [-0.15, -0.1) is 0 Å². The van der Waals surface area contributed by atoms with Crippen molar-refractivity contribution in [1.29, 1.82) is 0 Å². The van der Waals surface area contributed by atoms with Gasteiger partial charge in [0.25, 0.3) is 5.56 Å². The van der Waals surface area contributed by atoms with E-state index in [0.29, 0.717) is 29.6 Å². The number of carbonyl (C=O) groups is 1. The van der Waals surface area contributed by atoms with Crippen LogP contribution in [-0.4, -0.2) is 15.6 Å². The molecular weight excluding hydrogens is 338 g/mol. The van der Waals surface area contributed by atoms with E-state index in [0.717, 1.165) is 17.8 Å². The lowest BCUT2D eigenvalue weighted by Gasteiger charge is -2.56. The number of nitrogens with one attached hydrogen (secondary N) is 1. The smallest absolute Gasteiger partial charge is 0.273 e. The van der Waals surface area contributed by atoms with Gasteiger partial charge in [-0.05, 0) is 73.8 Å². The van der Waals surface area contributed by atoms with Gasteiger partial charge < -0.3 is 0 Å². The molecule has 0 saturated heterocycles. The summed E-state index contributed by atoms with van der Waals surface area (Å²) in [6, 6.07) is 7.33. The number of nitrogens with zero attached hydrogens (tertiary/aromatic N) is 2. The molecule has 1 heterocycles. The Kier molecular flexibility index (Phi) is 3.88. The molecular formula is C22H27N3O2. The largest absolute Gasteiger partial charge is 0.280 e. The van der Waals surface area contributed by atoms with E-state index in [1.165, 1.54) is 43.2 Å². The number of para-hydroxylation sites is 1. The third kappa shape index (κ3) is 2.88. The van der Waals surface area contributed by atoms with Crippen LogP contribution < -0.4 is 11.0 Å². The van der Waals surface area contributed by atoms with Gasteiger partial charge in [0, 0.05) is 12.8 Å². The molecule has 4 bridgehead atoms. The summed E-state index contributed by atoms with van der Waals surface area (Å²) in [4.78, 5) is 30.5. The van der Waals surface area contributed by atoms with Crippen LogP contribution >= 0.6 is 0 Å². The summed E-state index contributed by atoms with van der Waals surface area (Å²) in [5, 5.41) is 0.546. The zero-order valence-electron chi connectivity index (χ0n) is 15.9. The number of benzene rings is 1. The van der Waals surface area contributed by atoms with Crippen molar-refractivity contribution in [3.05, 3.63) is 40.4 Å². The van der Waals surface area contributed by atoms with E-state index in [9.17, 15) is 9.59 Å². The lowest BCUT2D eigenvalue weighted by Crippen LogP contribution is -2.48. The molecule has 6 rings (SSSR count). The van der Waals surface area contributed by atoms with Crippen LogP contribution in [0.1, 0.15) is 57.7 Å². The van der Waals surface area contributed by atoms with Gasteiger partial charge in [0.05, 0.1) is 10.9 Å². The van der Waals surface area contributed by atoms with Crippen LogP contribution in [0.15, 0.2) is 29.1 Å². The maximum Gasteiger partial charge on any atom is 0.280 e. The minimum absolute atomic E-state index is 0.0363. The first kappa shape index (κ1) is 17.0. The zero-order chi connectivity index (χ0) is 18.6. The molecule has 0 aliphatic heterocycles. The molecule has 0 spiro atoms. The Morgan fingerprint density at radius 3 is 2.41 bits per heavy atom. The maximum atomic E-state index is 13.0. The Morgan fingerprint density at radius 1 is 1.15 bits per heavy atom. The first-order valence-electron chi connectivity index (χ1n) is 10.4. The van der Waals surface area contributed by atoms with Gasteiger partial charge >= 0.3 is 0 Å². The molecule has 4 aliphatic carbocycles. The van der Waals surface area contributed by atoms with Crippen LogP contribution in [-0.2, 0) is 11.2 Å². The number of hydrogen-bond acceptors (Lipinski definition) is 3. The Hall–Kier alpha value is -2.17. The first-order valence-corrected chi connectivity index (χ1v) is 10.4. The topological polar surface area (TPSA) is 64.0 Å². The van der Waals surface area contributed by atoms with Crippen molar-refractivity contribution in [2.75, 3.05) is 5.43 Å². The molecule has 1 aromatic carbocycles. The number of amides is 1. The molecule has 0 atom stereocenters. The van der Waals surface area contributed by atoms with Crippen molar-refractivity contribution in [2.45, 2.75) is 58.3 Å². The number of hydrogen-bond donors (Lipinski definition) is 1. The van der Waals surface area contributed by atoms with Crippen molar-refractivity contribution in [2.24, 2.45) is 23.2 Å². The second-order valence-electron chi connectivity index (χ2n) is 9.17. The normalized spacial score (nSPS) is 31.4. The highest BCUT2D eigenvalue weighted by atomic mass is 16.2. The minimum Gasteiger partial charge on any atom is -0.273 e. The first-order chi connectivity index (χ1) is 13.0. The molecule has 5 nitrogen and oxygen atoms in total. The van der Waals surface area contributed by atoms with Crippen LogP contribution in [0.4, 0.5) is 0 Å². The SMILES string of the molecule is CCc1nc2ccccc2c(=O)n1NC(=O)CC12CC3CC(CC(C3)C1)C2.